The molecule has 0 aromatic heterocycles. The van der Waals surface area contributed by atoms with Gasteiger partial charge in [-0.05, 0) is 19.1 Å². The number of anilines is 1. The number of hydrogen-bond acceptors (Lipinski definition) is 3. The number of hydrogen-bond donors (Lipinski definition) is 2. The van der Waals surface area contributed by atoms with Crippen molar-refractivity contribution in [3.05, 3.63) is 23.3 Å². The summed E-state index contributed by atoms with van der Waals surface area (Å²) in [6.45, 7) is 1.89. The van der Waals surface area contributed by atoms with Crippen LogP contribution in [0.25, 0.3) is 0 Å². The first-order chi connectivity index (χ1) is 6.59. The van der Waals surface area contributed by atoms with Gasteiger partial charge < -0.3 is 15.6 Å². The predicted octanol–water partition coefficient (Wildman–Crippen LogP) is 1.29. The Bertz CT molecular complexity index is 401. The summed E-state index contributed by atoms with van der Waals surface area (Å²) in [7, 11) is 0. The lowest BCUT2D eigenvalue weighted by atomic mass is 10.0. The van der Waals surface area contributed by atoms with Crippen molar-refractivity contribution in [2.24, 2.45) is 0 Å². The summed E-state index contributed by atoms with van der Waals surface area (Å²) in [5.74, 6) is -0.541. The third-order valence-corrected chi connectivity index (χ3v) is 2.34. The molecule has 1 aliphatic heterocycles. The Kier molecular flexibility index (Phi) is 1.84. The van der Waals surface area contributed by atoms with Crippen LogP contribution in [0.1, 0.15) is 22.8 Å². The van der Waals surface area contributed by atoms with E-state index < -0.39 is 5.97 Å². The highest BCUT2D eigenvalue weighted by Crippen LogP contribution is 2.36. The van der Waals surface area contributed by atoms with Crippen molar-refractivity contribution in [3.8, 4) is 5.75 Å². The maximum atomic E-state index is 10.9. The monoisotopic (exact) mass is 193 g/mol. The molecular formula is C10H11NO3. The summed E-state index contributed by atoms with van der Waals surface area (Å²) >= 11 is 0. The summed E-state index contributed by atoms with van der Waals surface area (Å²) in [5, 5.41) is 8.91. The Hall–Kier alpha value is -1.71. The molecule has 0 aliphatic carbocycles. The first-order valence-electron chi connectivity index (χ1n) is 4.41. The van der Waals surface area contributed by atoms with Gasteiger partial charge in [0.25, 0.3) is 0 Å². The molecule has 1 aliphatic rings. The number of carboxylic acids is 1. The summed E-state index contributed by atoms with van der Waals surface area (Å²) in [4.78, 5) is 10.9. The Balaban J connectivity index is 2.59. The third kappa shape index (κ3) is 1.19. The minimum atomic E-state index is -0.977. The predicted molar refractivity (Wildman–Crippen MR) is 51.6 cm³/mol. The highest BCUT2D eigenvalue weighted by molar-refractivity contribution is 5.92. The molecule has 74 valence electrons. The van der Waals surface area contributed by atoms with Gasteiger partial charge in [0, 0.05) is 17.7 Å². The van der Waals surface area contributed by atoms with E-state index in [1.54, 1.807) is 6.07 Å². The topological polar surface area (TPSA) is 72.6 Å². The number of nitrogens with two attached hydrogens (primary N) is 1. The summed E-state index contributed by atoms with van der Waals surface area (Å²) in [6.07, 6.45) is 0.690. The zero-order chi connectivity index (χ0) is 10.3. The lowest BCUT2D eigenvalue weighted by Gasteiger charge is -2.06. The maximum absolute atomic E-state index is 10.9. The number of fused-ring (bicyclic) bond motifs is 1. The number of carboxylic acid groups (broad SMARTS) is 1. The fourth-order valence-electron chi connectivity index (χ4n) is 1.69. The fraction of sp³-hybridized carbons (Fsp3) is 0.300. The van der Waals surface area contributed by atoms with E-state index in [-0.39, 0.29) is 11.7 Å². The second-order valence-corrected chi connectivity index (χ2v) is 3.45. The molecule has 1 aromatic rings. The average molecular weight is 193 g/mol. The summed E-state index contributed by atoms with van der Waals surface area (Å²) in [5.41, 5.74) is 7.35. The zero-order valence-electron chi connectivity index (χ0n) is 7.78. The molecule has 14 heavy (non-hydrogen) atoms. The van der Waals surface area contributed by atoms with Crippen LogP contribution in [0.4, 0.5) is 5.69 Å². The van der Waals surface area contributed by atoms with Gasteiger partial charge in [-0.15, -0.1) is 0 Å². The minimum absolute atomic E-state index is 0.00722. The van der Waals surface area contributed by atoms with Crippen LogP contribution in [0, 0.1) is 0 Å². The largest absolute Gasteiger partial charge is 0.489 e. The quantitative estimate of drug-likeness (QED) is 0.659. The van der Waals surface area contributed by atoms with Crippen molar-refractivity contribution in [2.45, 2.75) is 19.4 Å². The summed E-state index contributed by atoms with van der Waals surface area (Å²) in [6, 6.07) is 3.10. The highest BCUT2D eigenvalue weighted by Gasteiger charge is 2.26. The van der Waals surface area contributed by atoms with Crippen molar-refractivity contribution in [1.82, 2.24) is 0 Å². The van der Waals surface area contributed by atoms with Crippen LogP contribution in [0.2, 0.25) is 0 Å². The number of ether oxygens (including phenoxy) is 1. The Morgan fingerprint density at radius 1 is 1.64 bits per heavy atom. The third-order valence-electron chi connectivity index (χ3n) is 2.34. The second kappa shape index (κ2) is 2.90. The second-order valence-electron chi connectivity index (χ2n) is 3.45. The molecule has 1 atom stereocenters. The Morgan fingerprint density at radius 2 is 2.36 bits per heavy atom. The van der Waals surface area contributed by atoms with Gasteiger partial charge in [0.2, 0.25) is 0 Å². The van der Waals surface area contributed by atoms with Crippen LogP contribution in [0.5, 0.6) is 5.75 Å². The highest BCUT2D eigenvalue weighted by atomic mass is 16.5. The Labute approximate surface area is 81.3 Å². The first kappa shape index (κ1) is 8.87. The van der Waals surface area contributed by atoms with E-state index in [2.05, 4.69) is 0 Å². The van der Waals surface area contributed by atoms with Crippen molar-refractivity contribution in [2.75, 3.05) is 5.73 Å². The molecule has 1 aromatic carbocycles. The molecule has 3 N–H and O–H groups in total. The number of aromatic carboxylic acids is 1. The molecule has 1 heterocycles. The molecule has 4 nitrogen and oxygen atoms in total. The van der Waals surface area contributed by atoms with Crippen molar-refractivity contribution in [3.63, 3.8) is 0 Å². The van der Waals surface area contributed by atoms with Crippen LogP contribution in [-0.4, -0.2) is 17.2 Å². The van der Waals surface area contributed by atoms with E-state index in [0.29, 0.717) is 17.9 Å². The van der Waals surface area contributed by atoms with Gasteiger partial charge in [-0.2, -0.15) is 0 Å². The molecule has 0 spiro atoms. The lowest BCUT2D eigenvalue weighted by molar-refractivity contribution is 0.0692. The van der Waals surface area contributed by atoms with Crippen molar-refractivity contribution in [1.29, 1.82) is 0 Å². The maximum Gasteiger partial charge on any atom is 0.339 e. The average Bonchev–Trinajstić information content (AvgIpc) is 2.47. The molecule has 0 bridgehead atoms. The van der Waals surface area contributed by atoms with E-state index >= 15 is 0 Å². The van der Waals surface area contributed by atoms with E-state index in [1.165, 1.54) is 6.07 Å². The smallest absolute Gasteiger partial charge is 0.339 e. The van der Waals surface area contributed by atoms with Gasteiger partial charge in [-0.3, -0.25) is 0 Å². The fourth-order valence-corrected chi connectivity index (χ4v) is 1.69. The van der Waals surface area contributed by atoms with E-state index in [4.69, 9.17) is 15.6 Å². The minimum Gasteiger partial charge on any atom is -0.489 e. The number of carbonyl (C=O) groups is 1. The van der Waals surface area contributed by atoms with Crippen LogP contribution in [0.15, 0.2) is 12.1 Å². The molecule has 0 unspecified atom stereocenters. The van der Waals surface area contributed by atoms with Crippen LogP contribution in [0.3, 0.4) is 0 Å². The van der Waals surface area contributed by atoms with Crippen LogP contribution < -0.4 is 10.5 Å². The van der Waals surface area contributed by atoms with Gasteiger partial charge in [-0.1, -0.05) is 0 Å². The molecule has 0 radical (unpaired) electrons. The van der Waals surface area contributed by atoms with Gasteiger partial charge in [-0.25, -0.2) is 4.79 Å². The van der Waals surface area contributed by atoms with Gasteiger partial charge in [0.15, 0.2) is 0 Å². The van der Waals surface area contributed by atoms with Crippen LogP contribution in [-0.2, 0) is 6.42 Å². The lowest BCUT2D eigenvalue weighted by Crippen LogP contribution is -2.07. The standard InChI is InChI=1S/C10H11NO3/c1-5-4-7-8(11)3-2-6(10(12)13)9(7)14-5/h2-3,5H,4,11H2,1H3,(H,12,13)/t5-/m0/s1. The number of nitrogen functional groups attached to an aromatic ring is 1. The number of rotatable bonds is 1. The first-order valence-corrected chi connectivity index (χ1v) is 4.41. The molecule has 4 heteroatoms. The normalized spacial score (nSPS) is 18.8. The molecule has 0 fully saturated rings. The van der Waals surface area contributed by atoms with Gasteiger partial charge >= 0.3 is 5.97 Å². The van der Waals surface area contributed by atoms with E-state index in [1.807, 2.05) is 6.92 Å². The van der Waals surface area contributed by atoms with E-state index in [0.717, 1.165) is 5.56 Å². The molecular weight excluding hydrogens is 182 g/mol. The van der Waals surface area contributed by atoms with Crippen molar-refractivity contribution >= 4 is 11.7 Å². The molecule has 2 rings (SSSR count). The van der Waals surface area contributed by atoms with Gasteiger partial charge in [0.1, 0.15) is 17.4 Å². The van der Waals surface area contributed by atoms with Crippen LogP contribution >= 0.6 is 0 Å². The summed E-state index contributed by atoms with van der Waals surface area (Å²) < 4.78 is 5.42. The molecule has 0 amide bonds. The Morgan fingerprint density at radius 3 is 3.00 bits per heavy atom. The number of benzene rings is 1. The van der Waals surface area contributed by atoms with Gasteiger partial charge in [0.05, 0.1) is 0 Å². The SMILES string of the molecule is C[C@H]1Cc2c(N)ccc(C(=O)O)c2O1. The van der Waals surface area contributed by atoms with E-state index in [9.17, 15) is 4.79 Å². The van der Waals surface area contributed by atoms with Crippen molar-refractivity contribution < 1.29 is 14.6 Å². The zero-order valence-corrected chi connectivity index (χ0v) is 7.78. The molecule has 0 saturated heterocycles. The molecule has 0 saturated carbocycles.